The summed E-state index contributed by atoms with van der Waals surface area (Å²) < 4.78 is 51.4. The van der Waals surface area contributed by atoms with Crippen molar-refractivity contribution in [3.05, 3.63) is 33.5 Å². The number of likely N-dealkylation sites (tertiary alicyclic amines) is 1. The fourth-order valence-corrected chi connectivity index (χ4v) is 4.03. The number of nitrogens with one attached hydrogen (secondary N) is 2. The highest BCUT2D eigenvalue weighted by molar-refractivity contribution is 9.12. The molecule has 2 unspecified atom stereocenters. The lowest BCUT2D eigenvalue weighted by Gasteiger charge is -2.29. The summed E-state index contributed by atoms with van der Waals surface area (Å²) in [4.78, 5) is 39.8. The van der Waals surface area contributed by atoms with Crippen LogP contribution in [0, 0.1) is 5.41 Å². The highest BCUT2D eigenvalue weighted by atomic mass is 79.9. The average Bonchev–Trinajstić information content (AvgIpc) is 3.21. The first-order valence-corrected chi connectivity index (χ1v) is 11.8. The van der Waals surface area contributed by atoms with Gasteiger partial charge in [-0.2, -0.15) is 13.2 Å². The van der Waals surface area contributed by atoms with Gasteiger partial charge in [-0.3, -0.25) is 15.1 Å². The summed E-state index contributed by atoms with van der Waals surface area (Å²) in [5.41, 5.74) is -2.63. The number of rotatable bonds is 6. The number of Topliss-reactive ketones (excluding diaryl/α,β-unsaturated/α-hetero) is 1. The molecule has 2 aliphatic rings. The number of amides is 1. The number of hydrogen-bond acceptors (Lipinski definition) is 7. The fraction of sp³-hybridized carbons (Fsp3) is 0.565. The molecule has 0 radical (unpaired) electrons. The van der Waals surface area contributed by atoms with E-state index in [1.54, 1.807) is 20.8 Å². The minimum Gasteiger partial charge on any atom is -0.464 e. The van der Waals surface area contributed by atoms with Crippen molar-refractivity contribution in [2.75, 3.05) is 13.2 Å². The molecule has 0 bridgehead atoms. The normalized spacial score (nSPS) is 21.1. The Hall–Kier alpha value is -2.63. The Bertz CT molecular complexity index is 995. The zero-order chi connectivity index (χ0) is 26.7. The Morgan fingerprint density at radius 3 is 2.49 bits per heavy atom. The zero-order valence-electron chi connectivity index (χ0n) is 20.1. The van der Waals surface area contributed by atoms with Gasteiger partial charge in [0, 0.05) is 22.8 Å². The number of carbonyl (C=O) groups is 3. The molecule has 1 aliphatic carbocycles. The second kappa shape index (κ2) is 11.0. The van der Waals surface area contributed by atoms with Crippen molar-refractivity contribution in [2.24, 2.45) is 0 Å². The van der Waals surface area contributed by atoms with E-state index in [9.17, 15) is 27.6 Å². The molecule has 0 spiro atoms. The molecule has 0 aromatic rings. The van der Waals surface area contributed by atoms with Crippen LogP contribution in [-0.2, 0) is 19.1 Å². The van der Waals surface area contributed by atoms with Crippen LogP contribution in [0.4, 0.5) is 18.0 Å². The minimum absolute atomic E-state index is 0.0698. The summed E-state index contributed by atoms with van der Waals surface area (Å²) in [6.07, 6.45) is -3.11. The Balaban J connectivity index is 2.39. The maximum absolute atomic E-state index is 13.7. The lowest BCUT2D eigenvalue weighted by molar-refractivity contribution is -0.149. The standard InChI is InChI=1S/C23H29BrF3N3O5/c1-6-34-20(32)18(19(31)16-8-7-9-30(16)21(33)35-22(3,4)5)29-11-13-14(23(25,26)27)10-15(24)12(2)17(13)28/h10-11,16,18,28-29H,6-9H2,1-5H3/b13-11-,28-17?. The summed E-state index contributed by atoms with van der Waals surface area (Å²) in [7, 11) is 0. The van der Waals surface area contributed by atoms with Gasteiger partial charge < -0.3 is 14.8 Å². The Kier molecular flexibility index (Phi) is 8.96. The highest BCUT2D eigenvalue weighted by Crippen LogP contribution is 2.38. The van der Waals surface area contributed by atoms with Crippen LogP contribution < -0.4 is 5.32 Å². The summed E-state index contributed by atoms with van der Waals surface area (Å²) >= 11 is 3.02. The van der Waals surface area contributed by atoms with Crippen LogP contribution >= 0.6 is 15.9 Å². The quantitative estimate of drug-likeness (QED) is 0.362. The van der Waals surface area contributed by atoms with Crippen LogP contribution in [0.3, 0.4) is 0 Å². The molecule has 0 aromatic heterocycles. The maximum atomic E-state index is 13.7. The summed E-state index contributed by atoms with van der Waals surface area (Å²) in [6.45, 7) is 8.17. The molecule has 194 valence electrons. The van der Waals surface area contributed by atoms with Crippen LogP contribution in [-0.4, -0.2) is 65.5 Å². The number of allylic oxidation sites excluding steroid dienone is 5. The van der Waals surface area contributed by atoms with Crippen molar-refractivity contribution in [3.8, 4) is 0 Å². The third-order valence-electron chi connectivity index (χ3n) is 5.28. The van der Waals surface area contributed by atoms with Crippen LogP contribution in [0.25, 0.3) is 0 Å². The first-order chi connectivity index (χ1) is 16.1. The van der Waals surface area contributed by atoms with Gasteiger partial charge in [0.25, 0.3) is 0 Å². The molecule has 0 aromatic carbocycles. The molecule has 12 heteroatoms. The van der Waals surface area contributed by atoms with Gasteiger partial charge in [0.1, 0.15) is 5.60 Å². The molecule has 2 rings (SSSR count). The van der Waals surface area contributed by atoms with Crippen LogP contribution in [0.5, 0.6) is 0 Å². The number of carbonyl (C=O) groups excluding carboxylic acids is 3. The van der Waals surface area contributed by atoms with Gasteiger partial charge >= 0.3 is 18.2 Å². The third kappa shape index (κ3) is 6.96. The second-order valence-corrected chi connectivity index (χ2v) is 9.90. The van der Waals surface area contributed by atoms with Crippen molar-refractivity contribution in [1.29, 1.82) is 5.41 Å². The van der Waals surface area contributed by atoms with E-state index in [4.69, 9.17) is 14.9 Å². The predicted molar refractivity (Wildman–Crippen MR) is 126 cm³/mol. The monoisotopic (exact) mass is 563 g/mol. The van der Waals surface area contributed by atoms with E-state index < -0.39 is 58.6 Å². The number of hydrogen-bond donors (Lipinski definition) is 2. The number of halogens is 4. The number of ether oxygens (including phenoxy) is 2. The molecule has 1 saturated heterocycles. The fourth-order valence-electron chi connectivity index (χ4n) is 3.61. The smallest absolute Gasteiger partial charge is 0.417 e. The molecule has 2 atom stereocenters. The van der Waals surface area contributed by atoms with Crippen molar-refractivity contribution in [3.63, 3.8) is 0 Å². The summed E-state index contributed by atoms with van der Waals surface area (Å²) in [6, 6.07) is -2.71. The van der Waals surface area contributed by atoms with Crippen molar-refractivity contribution in [1.82, 2.24) is 10.2 Å². The molecule has 0 saturated carbocycles. The van der Waals surface area contributed by atoms with E-state index in [1.165, 1.54) is 18.7 Å². The maximum Gasteiger partial charge on any atom is 0.417 e. The topological polar surface area (TPSA) is 109 Å². The first kappa shape index (κ1) is 28.6. The summed E-state index contributed by atoms with van der Waals surface area (Å²) in [5, 5.41) is 10.6. The average molecular weight is 564 g/mol. The SMILES string of the molecule is CCOC(=O)C(N/C=C1\C(=N)C(C)=C(Br)C=C1C(F)(F)F)C(=O)C1CCCN1C(=O)OC(C)(C)C. The molecule has 1 amide bonds. The van der Waals surface area contributed by atoms with Crippen LogP contribution in [0.1, 0.15) is 47.5 Å². The Labute approximate surface area is 210 Å². The molecule has 35 heavy (non-hydrogen) atoms. The minimum atomic E-state index is -4.79. The van der Waals surface area contributed by atoms with Crippen LogP contribution in [0.2, 0.25) is 0 Å². The van der Waals surface area contributed by atoms with E-state index in [0.29, 0.717) is 6.42 Å². The number of alkyl halides is 3. The van der Waals surface area contributed by atoms with E-state index in [0.717, 1.165) is 12.3 Å². The van der Waals surface area contributed by atoms with Gasteiger partial charge in [0.05, 0.1) is 23.9 Å². The van der Waals surface area contributed by atoms with E-state index in [-0.39, 0.29) is 29.6 Å². The van der Waals surface area contributed by atoms with E-state index in [2.05, 4.69) is 21.2 Å². The van der Waals surface area contributed by atoms with E-state index in [1.807, 2.05) is 0 Å². The largest absolute Gasteiger partial charge is 0.464 e. The predicted octanol–water partition coefficient (Wildman–Crippen LogP) is 4.55. The second-order valence-electron chi connectivity index (χ2n) is 9.05. The lowest BCUT2D eigenvalue weighted by Crippen LogP contribution is -2.52. The lowest BCUT2D eigenvalue weighted by atomic mass is 9.91. The van der Waals surface area contributed by atoms with Crippen molar-refractivity contribution in [2.45, 2.75) is 71.3 Å². The third-order valence-corrected chi connectivity index (χ3v) is 6.10. The molecular weight excluding hydrogens is 535 g/mol. The Morgan fingerprint density at radius 1 is 1.31 bits per heavy atom. The molecule has 2 N–H and O–H groups in total. The van der Waals surface area contributed by atoms with Gasteiger partial charge in [0.2, 0.25) is 0 Å². The number of nitrogens with zero attached hydrogens (tertiary/aromatic N) is 1. The molecule has 1 heterocycles. The van der Waals surface area contributed by atoms with Gasteiger partial charge in [-0.05, 0) is 59.1 Å². The summed E-state index contributed by atoms with van der Waals surface area (Å²) in [5.74, 6) is -1.74. The first-order valence-electron chi connectivity index (χ1n) is 11.0. The van der Waals surface area contributed by atoms with Gasteiger partial charge in [-0.25, -0.2) is 9.59 Å². The molecule has 8 nitrogen and oxygen atoms in total. The van der Waals surface area contributed by atoms with E-state index >= 15 is 0 Å². The zero-order valence-corrected chi connectivity index (χ0v) is 21.7. The number of ketones is 1. The number of esters is 1. The molecular formula is C23H29BrF3N3O5. The van der Waals surface area contributed by atoms with Crippen molar-refractivity contribution < 1.29 is 37.0 Å². The highest BCUT2D eigenvalue weighted by Gasteiger charge is 2.43. The Morgan fingerprint density at radius 2 is 1.94 bits per heavy atom. The molecule has 1 aliphatic heterocycles. The van der Waals surface area contributed by atoms with Gasteiger partial charge in [-0.1, -0.05) is 15.9 Å². The molecule has 1 fully saturated rings. The van der Waals surface area contributed by atoms with Gasteiger partial charge in [-0.15, -0.1) is 0 Å². The van der Waals surface area contributed by atoms with Crippen molar-refractivity contribution >= 4 is 39.5 Å². The van der Waals surface area contributed by atoms with Gasteiger partial charge in [0.15, 0.2) is 11.8 Å². The van der Waals surface area contributed by atoms with Crippen LogP contribution in [0.15, 0.2) is 33.5 Å².